The number of benzene rings is 1. The molecule has 1 aromatic rings. The fraction of sp³-hybridized carbons (Fsp3) is 0.385. The first kappa shape index (κ1) is 11.8. The van der Waals surface area contributed by atoms with Crippen molar-refractivity contribution in [1.82, 2.24) is 0 Å². The first-order chi connectivity index (χ1) is 7.17. The average Bonchev–Trinajstić information content (AvgIpc) is 2.28. The van der Waals surface area contributed by atoms with Crippen molar-refractivity contribution < 1.29 is 4.74 Å². The first-order valence-electron chi connectivity index (χ1n) is 5.23. The minimum absolute atomic E-state index is 0.0209. The molecule has 0 aromatic heterocycles. The predicted molar refractivity (Wildman–Crippen MR) is 64.0 cm³/mol. The molecule has 1 aromatic carbocycles. The third kappa shape index (κ3) is 3.40. The lowest BCUT2D eigenvalue weighted by Crippen LogP contribution is -2.10. The van der Waals surface area contributed by atoms with Crippen LogP contribution in [0.25, 0.3) is 0 Å². The van der Waals surface area contributed by atoms with E-state index in [2.05, 4.69) is 13.5 Å². The smallest absolute Gasteiger partial charge is 0.119 e. The maximum Gasteiger partial charge on any atom is 0.119 e. The Morgan fingerprint density at radius 1 is 1.53 bits per heavy atom. The molecular formula is C13H19NO. The summed E-state index contributed by atoms with van der Waals surface area (Å²) in [7, 11) is 1.66. The highest BCUT2D eigenvalue weighted by atomic mass is 16.5. The maximum atomic E-state index is 6.08. The zero-order valence-electron chi connectivity index (χ0n) is 9.49. The molecule has 0 spiro atoms. The van der Waals surface area contributed by atoms with Gasteiger partial charge >= 0.3 is 0 Å². The summed E-state index contributed by atoms with van der Waals surface area (Å²) >= 11 is 0. The SMILES string of the molecule is C=C(CC)CC(N)c1cccc(OC)c1. The van der Waals surface area contributed by atoms with Crippen LogP contribution >= 0.6 is 0 Å². The van der Waals surface area contributed by atoms with Crippen LogP contribution in [0, 0.1) is 0 Å². The fourth-order valence-corrected chi connectivity index (χ4v) is 1.45. The summed E-state index contributed by atoms with van der Waals surface area (Å²) in [5, 5.41) is 0. The molecule has 0 amide bonds. The van der Waals surface area contributed by atoms with Gasteiger partial charge < -0.3 is 10.5 Å². The maximum absolute atomic E-state index is 6.08. The van der Waals surface area contributed by atoms with E-state index >= 15 is 0 Å². The molecule has 2 N–H and O–H groups in total. The van der Waals surface area contributed by atoms with E-state index < -0.39 is 0 Å². The van der Waals surface area contributed by atoms with Crippen LogP contribution in [0.1, 0.15) is 31.4 Å². The van der Waals surface area contributed by atoms with Gasteiger partial charge in [0.05, 0.1) is 7.11 Å². The molecule has 1 unspecified atom stereocenters. The highest BCUT2D eigenvalue weighted by molar-refractivity contribution is 5.30. The zero-order chi connectivity index (χ0) is 11.3. The van der Waals surface area contributed by atoms with Crippen LogP contribution in [-0.4, -0.2) is 7.11 Å². The molecule has 0 bridgehead atoms. The van der Waals surface area contributed by atoms with Gasteiger partial charge in [0, 0.05) is 6.04 Å². The highest BCUT2D eigenvalue weighted by Crippen LogP contribution is 2.22. The molecule has 0 radical (unpaired) electrons. The van der Waals surface area contributed by atoms with Crippen LogP contribution < -0.4 is 10.5 Å². The van der Waals surface area contributed by atoms with Crippen molar-refractivity contribution in [2.75, 3.05) is 7.11 Å². The van der Waals surface area contributed by atoms with Gasteiger partial charge in [0.15, 0.2) is 0 Å². The minimum Gasteiger partial charge on any atom is -0.497 e. The third-order valence-corrected chi connectivity index (χ3v) is 2.53. The molecular weight excluding hydrogens is 186 g/mol. The van der Waals surface area contributed by atoms with Crippen molar-refractivity contribution in [1.29, 1.82) is 0 Å². The minimum atomic E-state index is 0.0209. The Morgan fingerprint density at radius 2 is 2.27 bits per heavy atom. The summed E-state index contributed by atoms with van der Waals surface area (Å²) in [4.78, 5) is 0. The van der Waals surface area contributed by atoms with Crippen LogP contribution in [-0.2, 0) is 0 Å². The van der Waals surface area contributed by atoms with Crippen molar-refractivity contribution in [2.45, 2.75) is 25.8 Å². The van der Waals surface area contributed by atoms with E-state index in [-0.39, 0.29) is 6.04 Å². The van der Waals surface area contributed by atoms with Gasteiger partial charge in [-0.3, -0.25) is 0 Å². The Balaban J connectivity index is 2.72. The molecule has 0 heterocycles. The van der Waals surface area contributed by atoms with Gasteiger partial charge in [-0.25, -0.2) is 0 Å². The number of hydrogen-bond acceptors (Lipinski definition) is 2. The van der Waals surface area contributed by atoms with Crippen LogP contribution in [0.3, 0.4) is 0 Å². The van der Waals surface area contributed by atoms with Gasteiger partial charge in [-0.05, 0) is 30.5 Å². The third-order valence-electron chi connectivity index (χ3n) is 2.53. The van der Waals surface area contributed by atoms with Crippen molar-refractivity contribution in [3.05, 3.63) is 42.0 Å². The van der Waals surface area contributed by atoms with E-state index in [9.17, 15) is 0 Å². The molecule has 0 saturated heterocycles. The lowest BCUT2D eigenvalue weighted by molar-refractivity contribution is 0.413. The lowest BCUT2D eigenvalue weighted by atomic mass is 9.99. The van der Waals surface area contributed by atoms with E-state index in [4.69, 9.17) is 10.5 Å². The number of methoxy groups -OCH3 is 1. The van der Waals surface area contributed by atoms with Crippen molar-refractivity contribution in [3.8, 4) is 5.75 Å². The molecule has 82 valence electrons. The molecule has 15 heavy (non-hydrogen) atoms. The average molecular weight is 205 g/mol. The molecule has 2 heteroatoms. The fourth-order valence-electron chi connectivity index (χ4n) is 1.45. The van der Waals surface area contributed by atoms with Crippen molar-refractivity contribution >= 4 is 0 Å². The first-order valence-corrected chi connectivity index (χ1v) is 5.23. The second kappa shape index (κ2) is 5.56. The van der Waals surface area contributed by atoms with E-state index in [0.717, 1.165) is 24.2 Å². The molecule has 1 atom stereocenters. The van der Waals surface area contributed by atoms with Gasteiger partial charge in [0.1, 0.15) is 5.75 Å². The van der Waals surface area contributed by atoms with Crippen molar-refractivity contribution in [2.24, 2.45) is 5.73 Å². The second-order valence-electron chi connectivity index (χ2n) is 3.69. The summed E-state index contributed by atoms with van der Waals surface area (Å²) in [6, 6.07) is 7.91. The van der Waals surface area contributed by atoms with Gasteiger partial charge in [0.2, 0.25) is 0 Å². The molecule has 0 aliphatic heterocycles. The largest absolute Gasteiger partial charge is 0.497 e. The molecule has 0 aliphatic rings. The van der Waals surface area contributed by atoms with Gasteiger partial charge in [-0.1, -0.05) is 31.2 Å². The van der Waals surface area contributed by atoms with E-state index in [0.29, 0.717) is 0 Å². The predicted octanol–water partition coefficient (Wildman–Crippen LogP) is 3.05. The monoisotopic (exact) mass is 205 g/mol. The van der Waals surface area contributed by atoms with Crippen LogP contribution in [0.4, 0.5) is 0 Å². The Morgan fingerprint density at radius 3 is 2.87 bits per heavy atom. The number of rotatable bonds is 5. The van der Waals surface area contributed by atoms with E-state index in [1.54, 1.807) is 7.11 Å². The van der Waals surface area contributed by atoms with Gasteiger partial charge in [-0.15, -0.1) is 0 Å². The highest BCUT2D eigenvalue weighted by Gasteiger charge is 2.07. The van der Waals surface area contributed by atoms with Gasteiger partial charge in [0.25, 0.3) is 0 Å². The van der Waals surface area contributed by atoms with Crippen LogP contribution in [0.15, 0.2) is 36.4 Å². The second-order valence-corrected chi connectivity index (χ2v) is 3.69. The zero-order valence-corrected chi connectivity index (χ0v) is 9.49. The van der Waals surface area contributed by atoms with Crippen molar-refractivity contribution in [3.63, 3.8) is 0 Å². The van der Waals surface area contributed by atoms with E-state index in [1.165, 1.54) is 5.57 Å². The summed E-state index contributed by atoms with van der Waals surface area (Å²) in [6.45, 7) is 6.07. The number of nitrogens with two attached hydrogens (primary N) is 1. The topological polar surface area (TPSA) is 35.2 Å². The molecule has 0 aliphatic carbocycles. The molecule has 1 rings (SSSR count). The number of ether oxygens (including phenoxy) is 1. The summed E-state index contributed by atoms with van der Waals surface area (Å²) in [6.07, 6.45) is 1.82. The molecule has 0 fully saturated rings. The molecule has 0 saturated carbocycles. The Kier molecular flexibility index (Phi) is 4.37. The summed E-state index contributed by atoms with van der Waals surface area (Å²) in [5.41, 5.74) is 8.37. The standard InChI is InChI=1S/C13H19NO/c1-4-10(2)8-13(14)11-6-5-7-12(9-11)15-3/h5-7,9,13H,2,4,8,14H2,1,3H3. The summed E-state index contributed by atoms with van der Waals surface area (Å²) in [5.74, 6) is 0.852. The summed E-state index contributed by atoms with van der Waals surface area (Å²) < 4.78 is 5.16. The Bertz CT molecular complexity index is 333. The van der Waals surface area contributed by atoms with Crippen LogP contribution in [0.2, 0.25) is 0 Å². The normalized spacial score (nSPS) is 12.2. The van der Waals surface area contributed by atoms with E-state index in [1.807, 2.05) is 24.3 Å². The van der Waals surface area contributed by atoms with Crippen LogP contribution in [0.5, 0.6) is 5.75 Å². The lowest BCUT2D eigenvalue weighted by Gasteiger charge is -2.13. The number of hydrogen-bond donors (Lipinski definition) is 1. The molecule has 2 nitrogen and oxygen atoms in total. The quantitative estimate of drug-likeness (QED) is 0.750. The van der Waals surface area contributed by atoms with Gasteiger partial charge in [-0.2, -0.15) is 0 Å². The Labute approximate surface area is 91.7 Å². The Hall–Kier alpha value is -1.28.